The van der Waals surface area contributed by atoms with Crippen LogP contribution in [0.25, 0.3) is 0 Å². The van der Waals surface area contributed by atoms with Crippen LogP contribution in [-0.4, -0.2) is 27.2 Å². The molecule has 1 amide bonds. The molecule has 0 saturated heterocycles. The molecule has 0 radical (unpaired) electrons. The fourth-order valence-electron chi connectivity index (χ4n) is 2.68. The molecule has 0 fully saturated rings. The van der Waals surface area contributed by atoms with Crippen molar-refractivity contribution < 1.29 is 4.79 Å². The van der Waals surface area contributed by atoms with Crippen LogP contribution in [0.1, 0.15) is 39.5 Å². The first-order chi connectivity index (χ1) is 10.4. The largest absolute Gasteiger partial charge is 0.355 e. The number of hydrogen-bond acceptors (Lipinski definition) is 4. The van der Waals surface area contributed by atoms with E-state index in [1.165, 1.54) is 11.3 Å². The van der Waals surface area contributed by atoms with E-state index in [9.17, 15) is 4.79 Å². The van der Waals surface area contributed by atoms with Crippen molar-refractivity contribution in [3.8, 4) is 0 Å². The molecule has 0 aliphatic carbocycles. The normalized spacial score (nSPS) is 11.0. The molecule has 0 aromatic carbocycles. The number of nitrogens with zero attached hydrogens (tertiary/aromatic N) is 3. The molecule has 0 saturated carbocycles. The average molecular weight is 320 g/mol. The number of hydrogen-bond donors (Lipinski definition) is 1. The first kappa shape index (κ1) is 16.7. The number of nitrogens with one attached hydrogen (secondary N) is 1. The molecular weight excluding hydrogens is 296 g/mol. The van der Waals surface area contributed by atoms with Gasteiger partial charge in [-0.25, -0.2) is 4.98 Å². The second-order valence-corrected chi connectivity index (χ2v) is 6.77. The lowest BCUT2D eigenvalue weighted by Gasteiger charge is -2.06. The van der Waals surface area contributed by atoms with Gasteiger partial charge in [0, 0.05) is 23.7 Å². The van der Waals surface area contributed by atoms with E-state index in [1.807, 2.05) is 25.5 Å². The topological polar surface area (TPSA) is 59.8 Å². The number of aryl methyl sites for hydroxylation is 4. The molecule has 22 heavy (non-hydrogen) atoms. The third-order valence-electron chi connectivity index (χ3n) is 3.85. The Bertz CT molecular complexity index is 672. The zero-order chi connectivity index (χ0) is 16.3. The highest BCUT2D eigenvalue weighted by atomic mass is 32.1. The number of thiazole rings is 1. The van der Waals surface area contributed by atoms with Crippen molar-refractivity contribution in [3.63, 3.8) is 0 Å². The molecule has 6 heteroatoms. The van der Waals surface area contributed by atoms with E-state index in [0.717, 1.165) is 34.2 Å². The molecule has 0 aliphatic heterocycles. The Kier molecular flexibility index (Phi) is 5.34. The summed E-state index contributed by atoms with van der Waals surface area (Å²) in [5, 5.41) is 8.52. The van der Waals surface area contributed by atoms with Crippen LogP contribution in [0.3, 0.4) is 0 Å². The second kappa shape index (κ2) is 7.05. The molecule has 0 spiro atoms. The third-order valence-corrected chi connectivity index (χ3v) is 4.92. The molecule has 0 atom stereocenters. The Morgan fingerprint density at radius 3 is 2.50 bits per heavy atom. The molecule has 0 aliphatic rings. The van der Waals surface area contributed by atoms with Crippen LogP contribution in [0.15, 0.2) is 0 Å². The predicted octanol–water partition coefficient (Wildman–Crippen LogP) is 2.49. The molecule has 5 nitrogen and oxygen atoms in total. The highest BCUT2D eigenvalue weighted by Crippen LogP contribution is 2.17. The van der Waals surface area contributed by atoms with Crippen molar-refractivity contribution in [1.82, 2.24) is 20.1 Å². The van der Waals surface area contributed by atoms with Gasteiger partial charge in [-0.05, 0) is 46.6 Å². The van der Waals surface area contributed by atoms with Crippen molar-refractivity contribution in [2.24, 2.45) is 0 Å². The molecule has 120 valence electrons. The number of carbonyl (C=O) groups is 1. The first-order valence-electron chi connectivity index (χ1n) is 7.64. The summed E-state index contributed by atoms with van der Waals surface area (Å²) in [6, 6.07) is 0. The minimum absolute atomic E-state index is 0.0601. The Morgan fingerprint density at radius 1 is 1.23 bits per heavy atom. The summed E-state index contributed by atoms with van der Waals surface area (Å²) in [5.41, 5.74) is 4.46. The summed E-state index contributed by atoms with van der Waals surface area (Å²) in [4.78, 5) is 17.5. The van der Waals surface area contributed by atoms with Gasteiger partial charge in [-0.2, -0.15) is 5.10 Å². The van der Waals surface area contributed by atoms with Crippen LogP contribution >= 0.6 is 11.3 Å². The lowest BCUT2D eigenvalue weighted by atomic mass is 10.1. The quantitative estimate of drug-likeness (QED) is 0.889. The smallest absolute Gasteiger partial charge is 0.225 e. The van der Waals surface area contributed by atoms with Crippen LogP contribution in [0.4, 0.5) is 0 Å². The van der Waals surface area contributed by atoms with Gasteiger partial charge in [0.15, 0.2) is 0 Å². The van der Waals surface area contributed by atoms with Crippen LogP contribution in [0.5, 0.6) is 0 Å². The van der Waals surface area contributed by atoms with E-state index in [-0.39, 0.29) is 5.91 Å². The zero-order valence-corrected chi connectivity index (χ0v) is 14.8. The van der Waals surface area contributed by atoms with E-state index in [1.54, 1.807) is 11.3 Å². The Hall–Kier alpha value is -1.69. The molecular formula is C16H24N4OS. The Labute approximate surface area is 135 Å². The summed E-state index contributed by atoms with van der Waals surface area (Å²) < 4.78 is 2.01. The lowest BCUT2D eigenvalue weighted by molar-refractivity contribution is -0.120. The van der Waals surface area contributed by atoms with Crippen LogP contribution in [0, 0.1) is 27.7 Å². The summed E-state index contributed by atoms with van der Waals surface area (Å²) >= 11 is 1.60. The van der Waals surface area contributed by atoms with Crippen molar-refractivity contribution >= 4 is 17.2 Å². The molecule has 2 aromatic heterocycles. The summed E-state index contributed by atoms with van der Waals surface area (Å²) in [7, 11) is 0. The monoisotopic (exact) mass is 320 g/mol. The fourth-order valence-corrected chi connectivity index (χ4v) is 3.61. The Balaban J connectivity index is 1.87. The minimum Gasteiger partial charge on any atom is -0.355 e. The van der Waals surface area contributed by atoms with Crippen molar-refractivity contribution in [2.75, 3.05) is 6.54 Å². The first-order valence-corrected chi connectivity index (χ1v) is 8.46. The third kappa shape index (κ3) is 3.74. The maximum absolute atomic E-state index is 12.0. The molecule has 0 unspecified atom stereocenters. The number of carbonyl (C=O) groups excluding carboxylic acids is 1. The maximum Gasteiger partial charge on any atom is 0.225 e. The van der Waals surface area contributed by atoms with E-state index in [0.29, 0.717) is 13.0 Å². The lowest BCUT2D eigenvalue weighted by Crippen LogP contribution is -2.27. The highest BCUT2D eigenvalue weighted by Gasteiger charge is 2.12. The minimum atomic E-state index is 0.0601. The maximum atomic E-state index is 12.0. The summed E-state index contributed by atoms with van der Waals surface area (Å²) in [6.07, 6.45) is 1.24. The van der Waals surface area contributed by atoms with E-state index in [2.05, 4.69) is 29.2 Å². The molecule has 0 bridgehead atoms. The Morgan fingerprint density at radius 2 is 1.95 bits per heavy atom. The molecule has 1 N–H and O–H groups in total. The van der Waals surface area contributed by atoms with Gasteiger partial charge >= 0.3 is 0 Å². The van der Waals surface area contributed by atoms with E-state index in [4.69, 9.17) is 0 Å². The number of amides is 1. The van der Waals surface area contributed by atoms with Gasteiger partial charge in [0.2, 0.25) is 5.91 Å². The van der Waals surface area contributed by atoms with Crippen LogP contribution < -0.4 is 5.32 Å². The van der Waals surface area contributed by atoms with Crippen molar-refractivity contribution in [1.29, 1.82) is 0 Å². The van der Waals surface area contributed by atoms with Gasteiger partial charge in [0.1, 0.15) is 0 Å². The fraction of sp³-hybridized carbons (Fsp3) is 0.562. The summed E-state index contributed by atoms with van der Waals surface area (Å²) in [5.74, 6) is 0.0601. The van der Waals surface area contributed by atoms with Gasteiger partial charge in [-0.1, -0.05) is 0 Å². The van der Waals surface area contributed by atoms with Gasteiger partial charge in [0.05, 0.1) is 22.8 Å². The van der Waals surface area contributed by atoms with Gasteiger partial charge in [-0.3, -0.25) is 9.48 Å². The summed E-state index contributed by atoms with van der Waals surface area (Å²) in [6.45, 7) is 11.7. The van der Waals surface area contributed by atoms with E-state index < -0.39 is 0 Å². The zero-order valence-electron chi connectivity index (χ0n) is 14.0. The van der Waals surface area contributed by atoms with Crippen molar-refractivity contribution in [3.05, 3.63) is 32.5 Å². The van der Waals surface area contributed by atoms with Gasteiger partial charge in [0.25, 0.3) is 0 Å². The van der Waals surface area contributed by atoms with Crippen molar-refractivity contribution in [2.45, 2.75) is 54.0 Å². The van der Waals surface area contributed by atoms with Gasteiger partial charge < -0.3 is 5.32 Å². The van der Waals surface area contributed by atoms with E-state index >= 15 is 0 Å². The number of rotatable bonds is 6. The number of aromatic nitrogens is 3. The average Bonchev–Trinajstić information content (AvgIpc) is 2.91. The molecule has 2 rings (SSSR count). The predicted molar refractivity (Wildman–Crippen MR) is 89.4 cm³/mol. The van der Waals surface area contributed by atoms with Crippen LogP contribution in [-0.2, 0) is 24.2 Å². The standard InChI is InChI=1S/C16H24N4OS/c1-6-20-12(4)14(10(2)19-20)7-8-17-16(21)9-15-11(3)18-13(5)22-15/h6-9H2,1-5H3,(H,17,21). The van der Waals surface area contributed by atoms with Crippen LogP contribution in [0.2, 0.25) is 0 Å². The second-order valence-electron chi connectivity index (χ2n) is 5.48. The highest BCUT2D eigenvalue weighted by molar-refractivity contribution is 7.11. The molecule has 2 aromatic rings. The van der Waals surface area contributed by atoms with Gasteiger partial charge in [-0.15, -0.1) is 11.3 Å². The SMILES string of the molecule is CCn1nc(C)c(CCNC(=O)Cc2sc(C)nc2C)c1C. The molecule has 2 heterocycles.